The van der Waals surface area contributed by atoms with Crippen LogP contribution in [0.5, 0.6) is 5.75 Å². The highest BCUT2D eigenvalue weighted by Gasteiger charge is 2.47. The van der Waals surface area contributed by atoms with E-state index in [1.54, 1.807) is 24.3 Å². The Morgan fingerprint density at radius 2 is 1.73 bits per heavy atom. The molecule has 0 bridgehead atoms. The maximum absolute atomic E-state index is 13.4. The van der Waals surface area contributed by atoms with Crippen LogP contribution in [0.4, 0.5) is 0 Å². The first-order chi connectivity index (χ1) is 12.3. The van der Waals surface area contributed by atoms with E-state index in [0.29, 0.717) is 22.6 Å². The number of carbonyl (C=O) groups excluding carboxylic acids is 1. The van der Waals surface area contributed by atoms with E-state index in [0.717, 1.165) is 51.6 Å². The molecule has 0 N–H and O–H groups in total. The first-order valence-electron chi connectivity index (χ1n) is 9.83. The van der Waals surface area contributed by atoms with Crippen molar-refractivity contribution in [2.75, 3.05) is 13.1 Å². The quantitative estimate of drug-likeness (QED) is 0.801. The van der Waals surface area contributed by atoms with Crippen molar-refractivity contribution in [2.45, 2.75) is 64.9 Å². The molecule has 2 aliphatic rings. The van der Waals surface area contributed by atoms with Crippen molar-refractivity contribution in [1.82, 2.24) is 4.90 Å². The van der Waals surface area contributed by atoms with Crippen molar-refractivity contribution < 1.29 is 9.53 Å². The molecule has 1 aromatic carbocycles. The van der Waals surface area contributed by atoms with E-state index < -0.39 is 5.60 Å². The lowest BCUT2D eigenvalue weighted by molar-refractivity contribution is -0.150. The van der Waals surface area contributed by atoms with E-state index in [9.17, 15) is 4.79 Å². The van der Waals surface area contributed by atoms with Gasteiger partial charge in [0.25, 0.3) is 5.91 Å². The number of carbonyl (C=O) groups is 1. The van der Waals surface area contributed by atoms with Gasteiger partial charge in [-0.05, 0) is 74.1 Å². The maximum atomic E-state index is 13.4. The minimum Gasteiger partial charge on any atom is -0.477 e. The van der Waals surface area contributed by atoms with Crippen LogP contribution < -0.4 is 4.74 Å². The summed E-state index contributed by atoms with van der Waals surface area (Å²) in [6.45, 7) is 8.55. The first-order valence-corrected chi connectivity index (χ1v) is 9.83. The van der Waals surface area contributed by atoms with Crippen molar-refractivity contribution in [2.24, 2.45) is 11.3 Å². The van der Waals surface area contributed by atoms with Crippen LogP contribution in [0.25, 0.3) is 0 Å². The Balaban J connectivity index is 1.71. The van der Waals surface area contributed by atoms with E-state index in [1.807, 2.05) is 4.90 Å². The van der Waals surface area contributed by atoms with Gasteiger partial charge in [-0.3, -0.25) is 4.79 Å². The predicted molar refractivity (Wildman–Crippen MR) is 102 cm³/mol. The molecule has 140 valence electrons. The highest BCUT2D eigenvalue weighted by atomic mass is 16.5. The summed E-state index contributed by atoms with van der Waals surface area (Å²) in [5.41, 5.74) is 0.190. The largest absolute Gasteiger partial charge is 0.477 e. The number of likely N-dealkylation sites (tertiary alicyclic amines) is 1. The first kappa shape index (κ1) is 18.8. The Hall–Kier alpha value is -2.02. The molecule has 1 saturated heterocycles. The van der Waals surface area contributed by atoms with Crippen LogP contribution >= 0.6 is 0 Å². The third kappa shape index (κ3) is 3.87. The number of hydrogen-bond acceptors (Lipinski definition) is 3. The summed E-state index contributed by atoms with van der Waals surface area (Å²) in [6.07, 6.45) is 5.77. The zero-order valence-electron chi connectivity index (χ0n) is 16.3. The second kappa shape index (κ2) is 7.31. The number of amides is 1. The minimum atomic E-state index is -0.720. The average Bonchev–Trinajstić information content (AvgIpc) is 3.11. The van der Waals surface area contributed by atoms with Crippen molar-refractivity contribution in [3.8, 4) is 11.8 Å². The zero-order valence-corrected chi connectivity index (χ0v) is 16.3. The summed E-state index contributed by atoms with van der Waals surface area (Å²) in [5.74, 6) is 1.51. The minimum absolute atomic E-state index is 0.159. The van der Waals surface area contributed by atoms with Crippen molar-refractivity contribution in [1.29, 1.82) is 5.26 Å². The molecule has 0 atom stereocenters. The van der Waals surface area contributed by atoms with Gasteiger partial charge in [-0.2, -0.15) is 5.26 Å². The summed E-state index contributed by atoms with van der Waals surface area (Å²) < 4.78 is 6.27. The molecule has 2 fully saturated rings. The molecule has 0 spiro atoms. The molecule has 0 unspecified atom stereocenters. The van der Waals surface area contributed by atoms with Gasteiger partial charge >= 0.3 is 0 Å². The van der Waals surface area contributed by atoms with Crippen LogP contribution in [0, 0.1) is 22.7 Å². The predicted octanol–water partition coefficient (Wildman–Crippen LogP) is 4.53. The fraction of sp³-hybridized carbons (Fsp3) is 0.636. The molecule has 4 heteroatoms. The van der Waals surface area contributed by atoms with Crippen LogP contribution in [-0.2, 0) is 4.79 Å². The third-order valence-corrected chi connectivity index (χ3v) is 6.10. The van der Waals surface area contributed by atoms with E-state index in [4.69, 9.17) is 10.00 Å². The van der Waals surface area contributed by atoms with Crippen LogP contribution in [0.15, 0.2) is 24.3 Å². The Kier molecular flexibility index (Phi) is 5.27. The fourth-order valence-electron chi connectivity index (χ4n) is 4.37. The molecule has 3 rings (SSSR count). The number of rotatable bonds is 3. The summed E-state index contributed by atoms with van der Waals surface area (Å²) in [6, 6.07) is 9.22. The van der Waals surface area contributed by atoms with E-state index in [-0.39, 0.29) is 5.91 Å². The van der Waals surface area contributed by atoms with Gasteiger partial charge in [0.05, 0.1) is 11.6 Å². The summed E-state index contributed by atoms with van der Waals surface area (Å²) >= 11 is 0. The molecule has 1 aliphatic carbocycles. The van der Waals surface area contributed by atoms with Crippen molar-refractivity contribution in [3.63, 3.8) is 0 Å². The molecule has 0 aromatic heterocycles. The summed E-state index contributed by atoms with van der Waals surface area (Å²) in [4.78, 5) is 15.4. The molecule has 1 aromatic rings. The van der Waals surface area contributed by atoms with Gasteiger partial charge in [-0.15, -0.1) is 0 Å². The monoisotopic (exact) mass is 354 g/mol. The number of ether oxygens (including phenoxy) is 1. The van der Waals surface area contributed by atoms with Gasteiger partial charge in [0.15, 0.2) is 5.60 Å². The van der Waals surface area contributed by atoms with Crippen LogP contribution in [0.2, 0.25) is 0 Å². The van der Waals surface area contributed by atoms with Gasteiger partial charge in [0.2, 0.25) is 0 Å². The van der Waals surface area contributed by atoms with Gasteiger partial charge in [-0.1, -0.05) is 20.8 Å². The Bertz CT molecular complexity index is 668. The van der Waals surface area contributed by atoms with Crippen LogP contribution in [-0.4, -0.2) is 29.5 Å². The molecular weight excluding hydrogens is 324 g/mol. The molecule has 1 amide bonds. The lowest BCUT2D eigenvalue weighted by Crippen LogP contribution is -2.53. The number of benzene rings is 1. The Morgan fingerprint density at radius 1 is 1.15 bits per heavy atom. The number of piperidine rings is 1. The Morgan fingerprint density at radius 3 is 2.23 bits per heavy atom. The lowest BCUT2D eigenvalue weighted by Gasteiger charge is -2.42. The molecule has 4 nitrogen and oxygen atoms in total. The number of nitriles is 1. The number of hydrogen-bond donors (Lipinski definition) is 0. The van der Waals surface area contributed by atoms with Gasteiger partial charge in [0.1, 0.15) is 5.75 Å². The van der Waals surface area contributed by atoms with Crippen LogP contribution in [0.1, 0.15) is 64.9 Å². The molecule has 0 radical (unpaired) electrons. The van der Waals surface area contributed by atoms with Gasteiger partial charge in [0, 0.05) is 13.1 Å². The SMILES string of the molecule is CC(C)(C)C1CCN(C(=O)C2(Oc3ccc(C#N)cc3)CCCC2)CC1. The second-order valence-corrected chi connectivity index (χ2v) is 8.87. The molecule has 1 heterocycles. The second-order valence-electron chi connectivity index (χ2n) is 8.87. The van der Waals surface area contributed by atoms with E-state index in [2.05, 4.69) is 26.8 Å². The van der Waals surface area contributed by atoms with E-state index in [1.165, 1.54) is 0 Å². The zero-order chi connectivity index (χ0) is 18.8. The fourth-order valence-corrected chi connectivity index (χ4v) is 4.37. The highest BCUT2D eigenvalue weighted by Crippen LogP contribution is 2.39. The smallest absolute Gasteiger partial charge is 0.266 e. The third-order valence-electron chi connectivity index (χ3n) is 6.10. The Labute approximate surface area is 157 Å². The molecule has 1 saturated carbocycles. The lowest BCUT2D eigenvalue weighted by atomic mass is 9.75. The number of nitrogens with zero attached hydrogens (tertiary/aromatic N) is 2. The average molecular weight is 354 g/mol. The summed E-state index contributed by atoms with van der Waals surface area (Å²) in [5, 5.41) is 8.95. The maximum Gasteiger partial charge on any atom is 0.266 e. The molecule has 1 aliphatic heterocycles. The molecular formula is C22H30N2O2. The topological polar surface area (TPSA) is 53.3 Å². The standard InChI is InChI=1S/C22H30N2O2/c1-21(2,3)18-10-14-24(15-11-18)20(25)22(12-4-5-13-22)26-19-8-6-17(16-23)7-9-19/h6-9,18H,4-5,10-15H2,1-3H3. The van der Waals surface area contributed by atoms with Crippen molar-refractivity contribution >= 4 is 5.91 Å². The van der Waals surface area contributed by atoms with Crippen LogP contribution in [0.3, 0.4) is 0 Å². The van der Waals surface area contributed by atoms with E-state index >= 15 is 0 Å². The van der Waals surface area contributed by atoms with Crippen molar-refractivity contribution in [3.05, 3.63) is 29.8 Å². The normalized spacial score (nSPS) is 20.6. The highest BCUT2D eigenvalue weighted by molar-refractivity contribution is 5.86. The summed E-state index contributed by atoms with van der Waals surface area (Å²) in [7, 11) is 0. The van der Waals surface area contributed by atoms with Gasteiger partial charge < -0.3 is 9.64 Å². The van der Waals surface area contributed by atoms with Gasteiger partial charge in [-0.25, -0.2) is 0 Å². The molecule has 26 heavy (non-hydrogen) atoms.